The lowest BCUT2D eigenvalue weighted by Gasteiger charge is -2.19. The summed E-state index contributed by atoms with van der Waals surface area (Å²) in [5, 5.41) is 13.6. The van der Waals surface area contributed by atoms with Gasteiger partial charge in [-0.05, 0) is 18.6 Å². The highest BCUT2D eigenvalue weighted by atomic mass is 16.5. The van der Waals surface area contributed by atoms with Crippen LogP contribution in [0.25, 0.3) is 11.3 Å². The number of fused-ring (bicyclic) bond motifs is 3. The minimum Gasteiger partial charge on any atom is -0.488 e. The van der Waals surface area contributed by atoms with Crippen LogP contribution in [-0.4, -0.2) is 20.9 Å². The number of carboxylic acid groups (broad SMARTS) is 1. The second-order valence-corrected chi connectivity index (χ2v) is 4.84. The lowest BCUT2D eigenvalue weighted by molar-refractivity contribution is 0.0686. The molecule has 0 bridgehead atoms. The van der Waals surface area contributed by atoms with E-state index in [4.69, 9.17) is 4.74 Å². The fraction of sp³-hybridized carbons (Fsp3) is 0.333. The van der Waals surface area contributed by atoms with E-state index in [2.05, 4.69) is 12.0 Å². The number of hydrogen-bond acceptors (Lipinski definition) is 3. The van der Waals surface area contributed by atoms with Crippen molar-refractivity contribution in [2.45, 2.75) is 32.9 Å². The first-order valence-electron chi connectivity index (χ1n) is 6.77. The summed E-state index contributed by atoms with van der Waals surface area (Å²) < 4.78 is 7.45. The van der Waals surface area contributed by atoms with Gasteiger partial charge in [0.2, 0.25) is 0 Å². The summed E-state index contributed by atoms with van der Waals surface area (Å²) in [6, 6.07) is 7.68. The number of carbonyl (C=O) groups is 1. The van der Waals surface area contributed by atoms with Crippen LogP contribution in [-0.2, 0) is 13.2 Å². The van der Waals surface area contributed by atoms with E-state index in [0.717, 1.165) is 36.4 Å². The number of aromatic carboxylic acids is 1. The molecule has 104 valence electrons. The molecule has 1 aromatic heterocycles. The highest BCUT2D eigenvalue weighted by Gasteiger charge is 2.28. The molecule has 1 N–H and O–H groups in total. The number of aryl methyl sites for hydroxylation is 1. The number of rotatable bonds is 4. The Hall–Kier alpha value is -2.30. The van der Waals surface area contributed by atoms with Crippen LogP contribution >= 0.6 is 0 Å². The van der Waals surface area contributed by atoms with Crippen LogP contribution in [0.15, 0.2) is 24.3 Å². The summed E-state index contributed by atoms with van der Waals surface area (Å²) in [7, 11) is 0. The molecule has 0 atom stereocenters. The van der Waals surface area contributed by atoms with E-state index in [1.54, 1.807) is 0 Å². The molecule has 5 heteroatoms. The number of para-hydroxylation sites is 1. The van der Waals surface area contributed by atoms with Gasteiger partial charge in [0, 0.05) is 12.1 Å². The Morgan fingerprint density at radius 1 is 1.45 bits per heavy atom. The minimum absolute atomic E-state index is 0.102. The monoisotopic (exact) mass is 272 g/mol. The van der Waals surface area contributed by atoms with Gasteiger partial charge in [0.1, 0.15) is 12.4 Å². The summed E-state index contributed by atoms with van der Waals surface area (Å²) in [5.74, 6) is -0.214. The van der Waals surface area contributed by atoms with E-state index in [9.17, 15) is 9.90 Å². The van der Waals surface area contributed by atoms with Crippen LogP contribution < -0.4 is 4.74 Å². The number of unbranched alkanes of at least 4 members (excludes halogenated alkanes) is 1. The summed E-state index contributed by atoms with van der Waals surface area (Å²) in [5.41, 5.74) is 2.58. The molecule has 0 unspecified atom stereocenters. The molecule has 0 spiro atoms. The zero-order valence-electron chi connectivity index (χ0n) is 11.3. The average molecular weight is 272 g/mol. The maximum Gasteiger partial charge on any atom is 0.356 e. The third-order valence-electron chi connectivity index (χ3n) is 3.49. The number of nitrogens with zero attached hydrogens (tertiary/aromatic N) is 2. The Labute approximate surface area is 116 Å². The van der Waals surface area contributed by atoms with Crippen molar-refractivity contribution in [1.29, 1.82) is 0 Å². The SMILES string of the molecule is CCCCn1nc(C(=O)O)c2c1-c1ccccc1OC2. The van der Waals surface area contributed by atoms with E-state index in [1.807, 2.05) is 28.9 Å². The second-order valence-electron chi connectivity index (χ2n) is 4.84. The number of benzene rings is 1. The van der Waals surface area contributed by atoms with Gasteiger partial charge in [-0.3, -0.25) is 4.68 Å². The van der Waals surface area contributed by atoms with E-state index >= 15 is 0 Å². The maximum atomic E-state index is 11.3. The second kappa shape index (κ2) is 5.00. The fourth-order valence-corrected chi connectivity index (χ4v) is 2.52. The molecule has 0 saturated carbocycles. The fourth-order valence-electron chi connectivity index (χ4n) is 2.52. The minimum atomic E-state index is -1.00. The smallest absolute Gasteiger partial charge is 0.356 e. The third kappa shape index (κ3) is 1.95. The van der Waals surface area contributed by atoms with Crippen molar-refractivity contribution < 1.29 is 14.6 Å². The Morgan fingerprint density at radius 3 is 3.00 bits per heavy atom. The van der Waals surface area contributed by atoms with Crippen molar-refractivity contribution in [3.8, 4) is 17.0 Å². The lowest BCUT2D eigenvalue weighted by Crippen LogP contribution is -2.09. The summed E-state index contributed by atoms with van der Waals surface area (Å²) >= 11 is 0. The van der Waals surface area contributed by atoms with Crippen molar-refractivity contribution >= 4 is 5.97 Å². The zero-order chi connectivity index (χ0) is 14.1. The van der Waals surface area contributed by atoms with Gasteiger partial charge in [0.05, 0.1) is 11.3 Å². The van der Waals surface area contributed by atoms with E-state index in [-0.39, 0.29) is 12.3 Å². The number of aromatic nitrogens is 2. The molecule has 0 amide bonds. The quantitative estimate of drug-likeness (QED) is 0.929. The molecule has 1 aliphatic rings. The molecule has 3 rings (SSSR count). The largest absolute Gasteiger partial charge is 0.488 e. The topological polar surface area (TPSA) is 64.4 Å². The van der Waals surface area contributed by atoms with Crippen molar-refractivity contribution in [2.24, 2.45) is 0 Å². The normalized spacial score (nSPS) is 12.4. The van der Waals surface area contributed by atoms with Gasteiger partial charge in [0.15, 0.2) is 5.69 Å². The van der Waals surface area contributed by atoms with Crippen LogP contribution in [0, 0.1) is 0 Å². The average Bonchev–Trinajstić information content (AvgIpc) is 2.84. The van der Waals surface area contributed by atoms with Gasteiger partial charge in [-0.1, -0.05) is 25.5 Å². The van der Waals surface area contributed by atoms with E-state index in [1.165, 1.54) is 0 Å². The molecule has 0 aliphatic carbocycles. The Bertz CT molecular complexity index is 661. The first-order chi connectivity index (χ1) is 9.72. The zero-order valence-corrected chi connectivity index (χ0v) is 11.3. The molecular weight excluding hydrogens is 256 g/mol. The number of hydrogen-bond donors (Lipinski definition) is 1. The highest BCUT2D eigenvalue weighted by Crippen LogP contribution is 2.38. The summed E-state index contributed by atoms with van der Waals surface area (Å²) in [6.07, 6.45) is 2.01. The van der Waals surface area contributed by atoms with Crippen molar-refractivity contribution in [3.05, 3.63) is 35.5 Å². The van der Waals surface area contributed by atoms with Crippen LogP contribution in [0.2, 0.25) is 0 Å². The van der Waals surface area contributed by atoms with Crippen LogP contribution in [0.4, 0.5) is 0 Å². The maximum absolute atomic E-state index is 11.3. The highest BCUT2D eigenvalue weighted by molar-refractivity contribution is 5.90. The predicted molar refractivity (Wildman–Crippen MR) is 73.9 cm³/mol. The van der Waals surface area contributed by atoms with Crippen molar-refractivity contribution in [1.82, 2.24) is 9.78 Å². The number of ether oxygens (including phenoxy) is 1. The molecule has 0 radical (unpaired) electrons. The summed E-state index contributed by atoms with van der Waals surface area (Å²) in [6.45, 7) is 3.09. The van der Waals surface area contributed by atoms with Gasteiger partial charge >= 0.3 is 5.97 Å². The molecule has 1 aliphatic heterocycles. The molecule has 2 heterocycles. The third-order valence-corrected chi connectivity index (χ3v) is 3.49. The molecule has 20 heavy (non-hydrogen) atoms. The van der Waals surface area contributed by atoms with Gasteiger partial charge in [0.25, 0.3) is 0 Å². The van der Waals surface area contributed by atoms with Crippen molar-refractivity contribution in [2.75, 3.05) is 0 Å². The molecule has 5 nitrogen and oxygen atoms in total. The molecule has 0 saturated heterocycles. The van der Waals surface area contributed by atoms with Gasteiger partial charge < -0.3 is 9.84 Å². The first kappa shape index (κ1) is 12.7. The Balaban J connectivity index is 2.17. The molecule has 2 aromatic rings. The van der Waals surface area contributed by atoms with E-state index in [0.29, 0.717) is 5.56 Å². The van der Waals surface area contributed by atoms with Crippen LogP contribution in [0.5, 0.6) is 5.75 Å². The predicted octanol–water partition coefficient (Wildman–Crippen LogP) is 2.94. The van der Waals surface area contributed by atoms with Crippen LogP contribution in [0.1, 0.15) is 35.8 Å². The Morgan fingerprint density at radius 2 is 2.25 bits per heavy atom. The lowest BCUT2D eigenvalue weighted by atomic mass is 10.0. The standard InChI is InChI=1S/C15H16N2O3/c1-2-3-8-17-14-10-6-4-5-7-12(10)20-9-11(14)13(16-17)15(18)19/h4-7H,2-3,8-9H2,1H3,(H,18,19). The molecular formula is C15H16N2O3. The van der Waals surface area contributed by atoms with Crippen molar-refractivity contribution in [3.63, 3.8) is 0 Å². The van der Waals surface area contributed by atoms with Gasteiger partial charge in [-0.25, -0.2) is 4.79 Å². The summed E-state index contributed by atoms with van der Waals surface area (Å²) in [4.78, 5) is 11.3. The molecule has 1 aromatic carbocycles. The number of carboxylic acids is 1. The first-order valence-corrected chi connectivity index (χ1v) is 6.77. The van der Waals surface area contributed by atoms with Crippen LogP contribution in [0.3, 0.4) is 0 Å². The van der Waals surface area contributed by atoms with Gasteiger partial charge in [-0.15, -0.1) is 0 Å². The molecule has 0 fully saturated rings. The van der Waals surface area contributed by atoms with E-state index < -0.39 is 5.97 Å². The van der Waals surface area contributed by atoms with Gasteiger partial charge in [-0.2, -0.15) is 5.10 Å². The Kier molecular flexibility index (Phi) is 3.18.